The van der Waals surface area contributed by atoms with Crippen LogP contribution < -0.4 is 0 Å². The van der Waals surface area contributed by atoms with Crippen molar-refractivity contribution >= 4 is 0 Å². The van der Waals surface area contributed by atoms with Crippen molar-refractivity contribution in [2.45, 2.75) is 25.9 Å². The summed E-state index contributed by atoms with van der Waals surface area (Å²) in [4.78, 5) is 0. The molecule has 0 aromatic carbocycles. The first-order valence-electron chi connectivity index (χ1n) is 3.95. The number of rotatable bonds is 2. The second kappa shape index (κ2) is 3.94. The van der Waals surface area contributed by atoms with Crippen LogP contribution in [0.25, 0.3) is 0 Å². The number of hydrogen-bond acceptors (Lipinski definition) is 2. The largest absolute Gasteiger partial charge is 0.381 e. The molecule has 60 valence electrons. The molecule has 0 aliphatic carbocycles. The molecule has 0 saturated carbocycles. The third kappa shape index (κ3) is 1.96. The fourth-order valence-corrected chi connectivity index (χ4v) is 1.33. The van der Waals surface area contributed by atoms with Gasteiger partial charge in [0.05, 0.1) is 12.7 Å². The average Bonchev–Trinajstić information content (AvgIpc) is 2.05. The zero-order valence-electron chi connectivity index (χ0n) is 6.80. The fourth-order valence-electron chi connectivity index (χ4n) is 1.33. The lowest BCUT2D eigenvalue weighted by molar-refractivity contribution is -0.0203. The van der Waals surface area contributed by atoms with Gasteiger partial charge >= 0.3 is 0 Å². The third-order valence-electron chi connectivity index (χ3n) is 2.23. The highest BCUT2D eigenvalue weighted by Gasteiger charge is 2.19. The first kappa shape index (κ1) is 8.02. The molecule has 0 aromatic heterocycles. The van der Waals surface area contributed by atoms with Crippen LogP contribution >= 0.6 is 0 Å². The Morgan fingerprint density at radius 1 is 1.60 bits per heavy atom. The molecule has 2 atom stereocenters. The lowest BCUT2D eigenvalue weighted by Gasteiger charge is -2.26. The summed E-state index contributed by atoms with van der Waals surface area (Å²) in [5.41, 5.74) is 0. The van der Waals surface area contributed by atoms with Crippen molar-refractivity contribution in [2.75, 3.05) is 20.3 Å². The number of methoxy groups -OCH3 is 1. The van der Waals surface area contributed by atoms with Crippen LogP contribution in [0.5, 0.6) is 0 Å². The van der Waals surface area contributed by atoms with Crippen LogP contribution in [-0.2, 0) is 9.47 Å². The summed E-state index contributed by atoms with van der Waals surface area (Å²) in [7, 11) is 1.76. The molecular formula is C8H16O2. The average molecular weight is 144 g/mol. The molecule has 0 amide bonds. The molecule has 1 aliphatic rings. The SMILES string of the molecule is COC(C)C1CCCOC1. The van der Waals surface area contributed by atoms with Crippen molar-refractivity contribution < 1.29 is 9.47 Å². The van der Waals surface area contributed by atoms with E-state index in [-0.39, 0.29) is 0 Å². The van der Waals surface area contributed by atoms with Gasteiger partial charge in [-0.2, -0.15) is 0 Å². The van der Waals surface area contributed by atoms with Gasteiger partial charge < -0.3 is 9.47 Å². The maximum atomic E-state index is 5.33. The van der Waals surface area contributed by atoms with Crippen molar-refractivity contribution in [3.63, 3.8) is 0 Å². The monoisotopic (exact) mass is 144 g/mol. The van der Waals surface area contributed by atoms with Crippen LogP contribution in [0.4, 0.5) is 0 Å². The fraction of sp³-hybridized carbons (Fsp3) is 1.00. The lowest BCUT2D eigenvalue weighted by atomic mass is 9.97. The van der Waals surface area contributed by atoms with Gasteiger partial charge in [0.2, 0.25) is 0 Å². The second-order valence-corrected chi connectivity index (χ2v) is 2.92. The molecule has 1 aliphatic heterocycles. The summed E-state index contributed by atoms with van der Waals surface area (Å²) in [5.74, 6) is 0.624. The Labute approximate surface area is 62.5 Å². The Bertz CT molecular complexity index is 87.3. The third-order valence-corrected chi connectivity index (χ3v) is 2.23. The van der Waals surface area contributed by atoms with Crippen molar-refractivity contribution in [1.82, 2.24) is 0 Å². The second-order valence-electron chi connectivity index (χ2n) is 2.92. The quantitative estimate of drug-likeness (QED) is 0.584. The predicted molar refractivity (Wildman–Crippen MR) is 40.0 cm³/mol. The van der Waals surface area contributed by atoms with E-state index < -0.39 is 0 Å². The van der Waals surface area contributed by atoms with E-state index >= 15 is 0 Å². The van der Waals surface area contributed by atoms with E-state index in [0.29, 0.717) is 12.0 Å². The molecule has 0 radical (unpaired) electrons. The zero-order valence-corrected chi connectivity index (χ0v) is 6.80. The van der Waals surface area contributed by atoms with Gasteiger partial charge in [-0.15, -0.1) is 0 Å². The molecule has 1 fully saturated rings. The van der Waals surface area contributed by atoms with Gasteiger partial charge in [-0.05, 0) is 19.8 Å². The summed E-state index contributed by atoms with van der Waals surface area (Å²) < 4.78 is 10.5. The Morgan fingerprint density at radius 3 is 2.90 bits per heavy atom. The molecule has 1 saturated heterocycles. The van der Waals surface area contributed by atoms with Gasteiger partial charge in [0.1, 0.15) is 0 Å². The molecule has 0 bridgehead atoms. The minimum absolute atomic E-state index is 0.361. The lowest BCUT2D eigenvalue weighted by Crippen LogP contribution is -2.28. The van der Waals surface area contributed by atoms with Crippen LogP contribution in [0, 0.1) is 5.92 Å². The minimum Gasteiger partial charge on any atom is -0.381 e. The van der Waals surface area contributed by atoms with E-state index in [4.69, 9.17) is 9.47 Å². The van der Waals surface area contributed by atoms with Crippen LogP contribution in [0.2, 0.25) is 0 Å². The van der Waals surface area contributed by atoms with E-state index in [1.54, 1.807) is 7.11 Å². The van der Waals surface area contributed by atoms with E-state index in [9.17, 15) is 0 Å². The summed E-state index contributed by atoms with van der Waals surface area (Å²) in [6.45, 7) is 3.93. The van der Waals surface area contributed by atoms with Crippen molar-refractivity contribution in [3.8, 4) is 0 Å². The Kier molecular flexibility index (Phi) is 3.16. The molecule has 10 heavy (non-hydrogen) atoms. The van der Waals surface area contributed by atoms with Crippen molar-refractivity contribution in [2.24, 2.45) is 5.92 Å². The van der Waals surface area contributed by atoms with Gasteiger partial charge in [0.25, 0.3) is 0 Å². The smallest absolute Gasteiger partial charge is 0.0593 e. The van der Waals surface area contributed by atoms with Gasteiger partial charge in [0, 0.05) is 19.6 Å². The number of hydrogen-bond donors (Lipinski definition) is 0. The normalized spacial score (nSPS) is 30.0. The molecule has 1 rings (SSSR count). The molecule has 2 nitrogen and oxygen atoms in total. The molecule has 2 unspecified atom stereocenters. The first-order valence-corrected chi connectivity index (χ1v) is 3.95. The highest BCUT2D eigenvalue weighted by atomic mass is 16.5. The van der Waals surface area contributed by atoms with E-state index in [2.05, 4.69) is 6.92 Å². The maximum Gasteiger partial charge on any atom is 0.0593 e. The Hall–Kier alpha value is -0.0800. The molecule has 1 heterocycles. The van der Waals surface area contributed by atoms with E-state index in [1.165, 1.54) is 12.8 Å². The van der Waals surface area contributed by atoms with Crippen LogP contribution in [-0.4, -0.2) is 26.4 Å². The number of ether oxygens (including phenoxy) is 2. The van der Waals surface area contributed by atoms with Crippen LogP contribution in [0.1, 0.15) is 19.8 Å². The summed E-state index contributed by atoms with van der Waals surface area (Å²) in [6, 6.07) is 0. The minimum atomic E-state index is 0.361. The van der Waals surface area contributed by atoms with Crippen LogP contribution in [0.3, 0.4) is 0 Å². The Balaban J connectivity index is 2.24. The highest BCUT2D eigenvalue weighted by Crippen LogP contribution is 2.18. The zero-order chi connectivity index (χ0) is 7.40. The first-order chi connectivity index (χ1) is 4.84. The van der Waals surface area contributed by atoms with Gasteiger partial charge in [-0.25, -0.2) is 0 Å². The molecule has 0 aromatic rings. The summed E-state index contributed by atoms with van der Waals surface area (Å²) in [6.07, 6.45) is 2.81. The molecule has 0 spiro atoms. The molecule has 0 N–H and O–H groups in total. The van der Waals surface area contributed by atoms with E-state index in [0.717, 1.165) is 13.2 Å². The summed E-state index contributed by atoms with van der Waals surface area (Å²) in [5, 5.41) is 0. The molecule has 2 heteroatoms. The standard InChI is InChI=1S/C8H16O2/c1-7(9-2)8-4-3-5-10-6-8/h7-8H,3-6H2,1-2H3. The van der Waals surface area contributed by atoms with Gasteiger partial charge in [-0.3, -0.25) is 0 Å². The summed E-state index contributed by atoms with van der Waals surface area (Å²) >= 11 is 0. The highest BCUT2D eigenvalue weighted by molar-refractivity contribution is 4.68. The Morgan fingerprint density at radius 2 is 2.40 bits per heavy atom. The topological polar surface area (TPSA) is 18.5 Å². The van der Waals surface area contributed by atoms with E-state index in [1.807, 2.05) is 0 Å². The van der Waals surface area contributed by atoms with Crippen molar-refractivity contribution in [3.05, 3.63) is 0 Å². The predicted octanol–water partition coefficient (Wildman–Crippen LogP) is 1.45. The van der Waals surface area contributed by atoms with Gasteiger partial charge in [0.15, 0.2) is 0 Å². The molecular weight excluding hydrogens is 128 g/mol. The maximum absolute atomic E-state index is 5.33. The van der Waals surface area contributed by atoms with Crippen LogP contribution in [0.15, 0.2) is 0 Å². The van der Waals surface area contributed by atoms with Gasteiger partial charge in [-0.1, -0.05) is 0 Å². The van der Waals surface area contributed by atoms with Crippen molar-refractivity contribution in [1.29, 1.82) is 0 Å².